The molecular weight excluding hydrogens is 753 g/mol. The molecule has 4 nitrogen and oxygen atoms in total. The molecule has 0 aliphatic carbocycles. The van der Waals surface area contributed by atoms with Crippen molar-refractivity contribution < 1.29 is 0 Å². The first-order valence-electron chi connectivity index (χ1n) is 19.5. The second-order valence-corrected chi connectivity index (χ2v) is 22.6. The van der Waals surface area contributed by atoms with Crippen molar-refractivity contribution in [1.82, 2.24) is 19.1 Å². The molecule has 12 rings (SSSR count). The van der Waals surface area contributed by atoms with Crippen molar-refractivity contribution in [2.45, 2.75) is 0 Å². The molecule has 0 fully saturated rings. The van der Waals surface area contributed by atoms with Crippen LogP contribution in [-0.2, 0) is 0 Å². The van der Waals surface area contributed by atoms with E-state index in [2.05, 4.69) is 215 Å². The molecule has 1 aliphatic rings. The van der Waals surface area contributed by atoms with Gasteiger partial charge in [-0.15, -0.1) is 0 Å². The Morgan fingerprint density at radius 3 is 1.54 bits per heavy atom. The molecule has 0 atom stereocenters. The minimum absolute atomic E-state index is 0.740. The predicted octanol–water partition coefficient (Wildman–Crippen LogP) is 9.70. The van der Waals surface area contributed by atoms with Gasteiger partial charge in [0, 0.05) is 0 Å². The summed E-state index contributed by atoms with van der Waals surface area (Å²) in [5, 5.41) is 4.87. The number of para-hydroxylation sites is 3. The Kier molecular flexibility index (Phi) is 7.07. The first kappa shape index (κ1) is 32.2. The molecule has 0 spiro atoms. The summed E-state index contributed by atoms with van der Waals surface area (Å²) in [7, 11) is 0. The standard InChI is InChI=1S/C52H34GeN4/c1-5-19-35(20-6-1)51-54-50-49(41-29-13-16-30-44(41)53(50,36-21-7-2-8-22-36)37-23-9-3-10-24-37)52(55-51)57-46-32-18-15-28-40(46)43-33-42-39-27-14-17-31-45(39)56(47(42)34-48(43)57)38-25-11-4-12-26-38/h1-34H. The van der Waals surface area contributed by atoms with Crippen LogP contribution < -0.4 is 17.7 Å². The van der Waals surface area contributed by atoms with Crippen LogP contribution >= 0.6 is 0 Å². The Balaban J connectivity index is 1.28. The third kappa shape index (κ3) is 4.56. The van der Waals surface area contributed by atoms with Crippen molar-refractivity contribution in [1.29, 1.82) is 0 Å². The van der Waals surface area contributed by atoms with Crippen LogP contribution in [0.5, 0.6) is 0 Å². The van der Waals surface area contributed by atoms with E-state index in [-0.39, 0.29) is 0 Å². The normalized spacial score (nSPS) is 13.1. The van der Waals surface area contributed by atoms with Gasteiger partial charge in [-0.1, -0.05) is 0 Å². The van der Waals surface area contributed by atoms with E-state index in [4.69, 9.17) is 9.97 Å². The van der Waals surface area contributed by atoms with E-state index in [1.807, 2.05) is 0 Å². The maximum absolute atomic E-state index is 5.76. The van der Waals surface area contributed by atoms with Gasteiger partial charge in [-0.2, -0.15) is 0 Å². The monoisotopic (exact) mass is 788 g/mol. The fourth-order valence-corrected chi connectivity index (χ4v) is 20.1. The topological polar surface area (TPSA) is 35.6 Å². The van der Waals surface area contributed by atoms with E-state index in [1.54, 1.807) is 0 Å². The molecule has 0 saturated heterocycles. The van der Waals surface area contributed by atoms with Crippen molar-refractivity contribution in [3.8, 4) is 34.0 Å². The van der Waals surface area contributed by atoms with Crippen molar-refractivity contribution >= 4 is 74.6 Å². The summed E-state index contributed by atoms with van der Waals surface area (Å²) in [5.41, 5.74) is 9.08. The zero-order valence-corrected chi connectivity index (χ0v) is 33.0. The van der Waals surface area contributed by atoms with Crippen LogP contribution in [0.15, 0.2) is 206 Å². The molecule has 1 aliphatic heterocycles. The molecule has 0 amide bonds. The fourth-order valence-electron chi connectivity index (χ4n) is 9.64. The van der Waals surface area contributed by atoms with Gasteiger partial charge in [0.2, 0.25) is 0 Å². The Hall–Kier alpha value is -7.02. The first-order chi connectivity index (χ1) is 28.3. The third-order valence-electron chi connectivity index (χ3n) is 12.0. The summed E-state index contributed by atoms with van der Waals surface area (Å²) in [6, 6.07) is 75.1. The van der Waals surface area contributed by atoms with Crippen LogP contribution in [0.1, 0.15) is 0 Å². The minimum atomic E-state index is -3.75. The van der Waals surface area contributed by atoms with E-state index >= 15 is 0 Å². The number of nitrogens with zero attached hydrogens (tertiary/aromatic N) is 4. The van der Waals surface area contributed by atoms with E-state index in [0.29, 0.717) is 0 Å². The Morgan fingerprint density at radius 1 is 0.386 bits per heavy atom. The summed E-state index contributed by atoms with van der Waals surface area (Å²) >= 11 is -3.75. The SMILES string of the molecule is c1ccc(-c2nc(-n3c4ccccc4c4cc5c6ccccc6n(-c6ccccc6)c5cc43)c3[c](n2)[Ge]([c]2ccccc2)([c]2ccccc2)[c]2ccccc2-3)cc1. The Morgan fingerprint density at radius 2 is 0.895 bits per heavy atom. The molecule has 3 aromatic heterocycles. The van der Waals surface area contributed by atoms with Crippen molar-refractivity contribution in [3.05, 3.63) is 206 Å². The van der Waals surface area contributed by atoms with E-state index in [9.17, 15) is 0 Å². The molecule has 8 aromatic carbocycles. The van der Waals surface area contributed by atoms with Gasteiger partial charge < -0.3 is 0 Å². The van der Waals surface area contributed by atoms with Crippen LogP contribution in [0.25, 0.3) is 77.6 Å². The second-order valence-electron chi connectivity index (χ2n) is 14.9. The van der Waals surface area contributed by atoms with Gasteiger partial charge in [-0.3, -0.25) is 0 Å². The summed E-state index contributed by atoms with van der Waals surface area (Å²) in [6.07, 6.45) is 0. The first-order valence-corrected chi connectivity index (χ1v) is 23.7. The van der Waals surface area contributed by atoms with Crippen LogP contribution in [-0.4, -0.2) is 32.4 Å². The van der Waals surface area contributed by atoms with Crippen molar-refractivity contribution in [3.63, 3.8) is 0 Å². The summed E-state index contributed by atoms with van der Waals surface area (Å²) in [5.74, 6) is 1.66. The van der Waals surface area contributed by atoms with Crippen LogP contribution in [0.3, 0.4) is 0 Å². The van der Waals surface area contributed by atoms with Gasteiger partial charge in [-0.25, -0.2) is 0 Å². The number of hydrogen-bond acceptors (Lipinski definition) is 2. The van der Waals surface area contributed by atoms with E-state index < -0.39 is 13.3 Å². The van der Waals surface area contributed by atoms with Gasteiger partial charge >= 0.3 is 334 Å². The molecule has 266 valence electrons. The number of hydrogen-bond donors (Lipinski definition) is 0. The van der Waals surface area contributed by atoms with E-state index in [0.717, 1.165) is 45.0 Å². The average Bonchev–Trinajstić information content (AvgIpc) is 3.90. The maximum atomic E-state index is 5.76. The summed E-state index contributed by atoms with van der Waals surface area (Å²) in [6.45, 7) is 0. The van der Waals surface area contributed by atoms with Crippen LogP contribution in [0.2, 0.25) is 0 Å². The van der Waals surface area contributed by atoms with Crippen molar-refractivity contribution in [2.24, 2.45) is 0 Å². The van der Waals surface area contributed by atoms with Gasteiger partial charge in [0.15, 0.2) is 0 Å². The van der Waals surface area contributed by atoms with Crippen molar-refractivity contribution in [2.75, 3.05) is 0 Å². The molecule has 0 saturated carbocycles. The molecule has 57 heavy (non-hydrogen) atoms. The molecule has 4 heterocycles. The summed E-state index contributed by atoms with van der Waals surface area (Å²) < 4.78 is 10.1. The fraction of sp³-hybridized carbons (Fsp3) is 0. The molecule has 11 aromatic rings. The number of rotatable bonds is 5. The second kappa shape index (κ2) is 12.5. The van der Waals surface area contributed by atoms with Gasteiger partial charge in [-0.05, 0) is 0 Å². The summed E-state index contributed by atoms with van der Waals surface area (Å²) in [4.78, 5) is 11.5. The number of aromatic nitrogens is 4. The Bertz CT molecular complexity index is 3290. The molecule has 5 heteroatoms. The van der Waals surface area contributed by atoms with Crippen LogP contribution in [0.4, 0.5) is 0 Å². The van der Waals surface area contributed by atoms with Gasteiger partial charge in [0.05, 0.1) is 0 Å². The molecule has 0 N–H and O–H groups in total. The van der Waals surface area contributed by atoms with Crippen LogP contribution in [0, 0.1) is 0 Å². The zero-order valence-electron chi connectivity index (χ0n) is 30.9. The Labute approximate surface area is 332 Å². The molecular formula is C52H34GeN4. The predicted molar refractivity (Wildman–Crippen MR) is 239 cm³/mol. The third-order valence-corrected chi connectivity index (χ3v) is 21.9. The number of fused-ring (bicyclic) bond motifs is 9. The molecule has 0 radical (unpaired) electrons. The zero-order chi connectivity index (χ0) is 37.5. The number of benzene rings is 8. The van der Waals surface area contributed by atoms with Gasteiger partial charge in [0.1, 0.15) is 0 Å². The molecule has 0 bridgehead atoms. The van der Waals surface area contributed by atoms with Gasteiger partial charge in [0.25, 0.3) is 0 Å². The van der Waals surface area contributed by atoms with E-state index in [1.165, 1.54) is 50.3 Å². The average molecular weight is 787 g/mol. The molecule has 0 unspecified atom stereocenters. The quantitative estimate of drug-likeness (QED) is 0.163.